The molecular formula is C10H20N2O4S. The zero-order chi connectivity index (χ0) is 13.3. The van der Waals surface area contributed by atoms with Crippen molar-refractivity contribution in [3.63, 3.8) is 0 Å². The minimum atomic E-state index is -3.34. The van der Waals surface area contributed by atoms with Crippen LogP contribution in [0.5, 0.6) is 0 Å². The van der Waals surface area contributed by atoms with E-state index in [0.29, 0.717) is 13.1 Å². The second kappa shape index (κ2) is 4.91. The Kier molecular flexibility index (Phi) is 4.16. The summed E-state index contributed by atoms with van der Waals surface area (Å²) < 4.78 is 23.9. The van der Waals surface area contributed by atoms with Crippen molar-refractivity contribution in [2.24, 2.45) is 5.92 Å². The molecule has 0 aromatic rings. The first-order valence-electron chi connectivity index (χ1n) is 5.54. The molecule has 0 aromatic carbocycles. The molecule has 0 spiro atoms. The Labute approximate surface area is 102 Å². The Hall–Kier alpha value is -0.660. The van der Waals surface area contributed by atoms with Crippen molar-refractivity contribution in [2.45, 2.75) is 25.9 Å². The summed E-state index contributed by atoms with van der Waals surface area (Å²) in [4.78, 5) is 13.3. The van der Waals surface area contributed by atoms with E-state index >= 15 is 0 Å². The first-order valence-corrected chi connectivity index (χ1v) is 7.43. The van der Waals surface area contributed by atoms with Crippen LogP contribution in [0, 0.1) is 5.92 Å². The second-order valence-corrected chi connectivity index (χ2v) is 6.91. The van der Waals surface area contributed by atoms with Gasteiger partial charge in [-0.2, -0.15) is 0 Å². The number of rotatable bonds is 4. The third kappa shape index (κ3) is 4.61. The van der Waals surface area contributed by atoms with Crippen LogP contribution >= 0.6 is 0 Å². The van der Waals surface area contributed by atoms with Gasteiger partial charge in [-0.1, -0.05) is 0 Å². The molecule has 0 saturated carbocycles. The predicted octanol–water partition coefficient (Wildman–Crippen LogP) is -0.845. The van der Waals surface area contributed by atoms with E-state index in [9.17, 15) is 18.3 Å². The lowest BCUT2D eigenvalue weighted by atomic mass is 9.90. The molecule has 2 N–H and O–H groups in total. The first-order chi connectivity index (χ1) is 7.59. The molecule has 1 aliphatic heterocycles. The van der Waals surface area contributed by atoms with Crippen molar-refractivity contribution in [1.82, 2.24) is 9.62 Å². The SMILES string of the molecule is CC(C)(O)[C@H]1CCN(C(=O)CNS(C)(=O)=O)C1. The van der Waals surface area contributed by atoms with E-state index in [1.54, 1.807) is 18.7 Å². The van der Waals surface area contributed by atoms with Gasteiger partial charge in [0.2, 0.25) is 15.9 Å². The van der Waals surface area contributed by atoms with Gasteiger partial charge >= 0.3 is 0 Å². The summed E-state index contributed by atoms with van der Waals surface area (Å²) in [5.74, 6) is -0.202. The van der Waals surface area contributed by atoms with E-state index < -0.39 is 15.6 Å². The van der Waals surface area contributed by atoms with Crippen LogP contribution in [0.25, 0.3) is 0 Å². The molecule has 17 heavy (non-hydrogen) atoms. The summed E-state index contributed by atoms with van der Waals surface area (Å²) in [6.45, 7) is 4.28. The molecule has 1 rings (SSSR count). The summed E-state index contributed by atoms with van der Waals surface area (Å²) in [6, 6.07) is 0. The zero-order valence-corrected chi connectivity index (χ0v) is 11.2. The van der Waals surface area contributed by atoms with Crippen LogP contribution in [0.15, 0.2) is 0 Å². The average molecular weight is 264 g/mol. The lowest BCUT2D eigenvalue weighted by Crippen LogP contribution is -2.40. The van der Waals surface area contributed by atoms with Crippen LogP contribution in [0.4, 0.5) is 0 Å². The zero-order valence-electron chi connectivity index (χ0n) is 10.4. The fraction of sp³-hybridized carbons (Fsp3) is 0.900. The molecule has 1 amide bonds. The highest BCUT2D eigenvalue weighted by Crippen LogP contribution is 2.26. The summed E-state index contributed by atoms with van der Waals surface area (Å²) in [5.41, 5.74) is -0.806. The molecule has 1 atom stereocenters. The molecule has 100 valence electrons. The number of nitrogens with one attached hydrogen (secondary N) is 1. The Morgan fingerprint density at radius 1 is 1.53 bits per heavy atom. The molecule has 0 radical (unpaired) electrons. The van der Waals surface area contributed by atoms with Gasteiger partial charge in [-0.25, -0.2) is 13.1 Å². The summed E-state index contributed by atoms with van der Waals surface area (Å²) in [7, 11) is -3.34. The number of amides is 1. The maximum atomic E-state index is 11.7. The highest BCUT2D eigenvalue weighted by atomic mass is 32.2. The van der Waals surface area contributed by atoms with Crippen LogP contribution in [0.2, 0.25) is 0 Å². The van der Waals surface area contributed by atoms with Crippen molar-refractivity contribution >= 4 is 15.9 Å². The van der Waals surface area contributed by atoms with Crippen molar-refractivity contribution in [3.05, 3.63) is 0 Å². The number of aliphatic hydroxyl groups is 1. The molecule has 6 nitrogen and oxygen atoms in total. The van der Waals surface area contributed by atoms with E-state index in [-0.39, 0.29) is 18.4 Å². The van der Waals surface area contributed by atoms with Gasteiger partial charge in [0.15, 0.2) is 0 Å². The van der Waals surface area contributed by atoms with Gasteiger partial charge in [0.1, 0.15) is 0 Å². The maximum absolute atomic E-state index is 11.7. The molecule has 1 aliphatic rings. The third-order valence-electron chi connectivity index (χ3n) is 3.03. The molecular weight excluding hydrogens is 244 g/mol. The Morgan fingerprint density at radius 2 is 2.12 bits per heavy atom. The second-order valence-electron chi connectivity index (χ2n) is 5.07. The lowest BCUT2D eigenvalue weighted by molar-refractivity contribution is -0.129. The quantitative estimate of drug-likeness (QED) is 0.693. The lowest BCUT2D eigenvalue weighted by Gasteiger charge is -2.25. The highest BCUT2D eigenvalue weighted by molar-refractivity contribution is 7.88. The molecule has 1 saturated heterocycles. The molecule has 0 aromatic heterocycles. The monoisotopic (exact) mass is 264 g/mol. The van der Waals surface area contributed by atoms with E-state index in [2.05, 4.69) is 4.72 Å². The largest absolute Gasteiger partial charge is 0.390 e. The fourth-order valence-electron chi connectivity index (χ4n) is 1.87. The summed E-state index contributed by atoms with van der Waals surface area (Å²) in [6.07, 6.45) is 1.76. The number of sulfonamides is 1. The van der Waals surface area contributed by atoms with Crippen LogP contribution in [0.1, 0.15) is 20.3 Å². The van der Waals surface area contributed by atoms with Gasteiger partial charge in [-0.3, -0.25) is 4.79 Å². The van der Waals surface area contributed by atoms with E-state index in [0.717, 1.165) is 12.7 Å². The van der Waals surface area contributed by atoms with Gasteiger partial charge < -0.3 is 10.0 Å². The maximum Gasteiger partial charge on any atom is 0.237 e. The number of hydrogen-bond acceptors (Lipinski definition) is 4. The van der Waals surface area contributed by atoms with E-state index in [1.807, 2.05) is 0 Å². The topological polar surface area (TPSA) is 86.7 Å². The van der Waals surface area contributed by atoms with Crippen LogP contribution in [-0.4, -0.2) is 55.8 Å². The van der Waals surface area contributed by atoms with Gasteiger partial charge in [-0.05, 0) is 20.3 Å². The molecule has 0 aliphatic carbocycles. The minimum Gasteiger partial charge on any atom is -0.390 e. The minimum absolute atomic E-state index is 0.0460. The van der Waals surface area contributed by atoms with Gasteiger partial charge in [0.05, 0.1) is 18.4 Å². The summed E-state index contributed by atoms with van der Waals surface area (Å²) in [5, 5.41) is 9.83. The fourth-order valence-corrected chi connectivity index (χ4v) is 2.25. The summed E-state index contributed by atoms with van der Waals surface area (Å²) >= 11 is 0. The molecule has 0 unspecified atom stereocenters. The number of nitrogens with zero attached hydrogens (tertiary/aromatic N) is 1. The van der Waals surface area contributed by atoms with Crippen LogP contribution < -0.4 is 4.72 Å². The van der Waals surface area contributed by atoms with E-state index in [4.69, 9.17) is 0 Å². The van der Waals surface area contributed by atoms with Gasteiger partial charge in [0, 0.05) is 19.0 Å². The molecule has 7 heteroatoms. The smallest absolute Gasteiger partial charge is 0.237 e. The van der Waals surface area contributed by atoms with Crippen molar-refractivity contribution in [2.75, 3.05) is 25.9 Å². The number of hydrogen-bond donors (Lipinski definition) is 2. The van der Waals surface area contributed by atoms with Crippen LogP contribution in [0.3, 0.4) is 0 Å². The average Bonchev–Trinajstić information content (AvgIpc) is 2.60. The Balaban J connectivity index is 2.46. The van der Waals surface area contributed by atoms with Crippen molar-refractivity contribution < 1.29 is 18.3 Å². The van der Waals surface area contributed by atoms with Gasteiger partial charge in [-0.15, -0.1) is 0 Å². The van der Waals surface area contributed by atoms with E-state index in [1.165, 1.54) is 0 Å². The molecule has 0 bridgehead atoms. The normalized spacial score (nSPS) is 21.9. The Morgan fingerprint density at radius 3 is 2.53 bits per heavy atom. The van der Waals surface area contributed by atoms with Crippen LogP contribution in [-0.2, 0) is 14.8 Å². The predicted molar refractivity (Wildman–Crippen MR) is 63.8 cm³/mol. The number of carbonyl (C=O) groups excluding carboxylic acids is 1. The third-order valence-corrected chi connectivity index (χ3v) is 3.69. The number of likely N-dealkylation sites (tertiary alicyclic amines) is 1. The first kappa shape index (κ1) is 14.4. The highest BCUT2D eigenvalue weighted by Gasteiger charge is 2.35. The van der Waals surface area contributed by atoms with Crippen molar-refractivity contribution in [3.8, 4) is 0 Å². The number of carbonyl (C=O) groups is 1. The van der Waals surface area contributed by atoms with Crippen molar-refractivity contribution in [1.29, 1.82) is 0 Å². The molecule has 1 fully saturated rings. The molecule has 1 heterocycles. The Bertz CT molecular complexity index is 386. The standard InChI is InChI=1S/C10H20N2O4S/c1-10(2,14)8-4-5-12(7-8)9(13)6-11-17(3,15)16/h8,11,14H,4-7H2,1-3H3/t8-/m0/s1. The van der Waals surface area contributed by atoms with Gasteiger partial charge in [0.25, 0.3) is 0 Å².